The molecule has 1 aliphatic heterocycles. The zero-order valence-corrected chi connectivity index (χ0v) is 14.3. The SMILES string of the molecule is Cc1cc(Nc2nccs2)nc(C2CCN(Cc3ncc[nH]3)C2)n1. The fourth-order valence-electron chi connectivity index (χ4n) is 3.02. The number of aromatic nitrogens is 5. The number of likely N-dealkylation sites (tertiary alicyclic amines) is 1. The molecule has 8 heteroatoms. The molecule has 0 aromatic carbocycles. The van der Waals surface area contributed by atoms with Gasteiger partial charge >= 0.3 is 0 Å². The monoisotopic (exact) mass is 341 g/mol. The molecule has 1 atom stereocenters. The highest BCUT2D eigenvalue weighted by atomic mass is 32.1. The lowest BCUT2D eigenvalue weighted by Gasteiger charge is -2.14. The molecular formula is C16H19N7S. The van der Waals surface area contributed by atoms with Gasteiger partial charge in [0, 0.05) is 48.2 Å². The molecule has 7 nitrogen and oxygen atoms in total. The van der Waals surface area contributed by atoms with E-state index < -0.39 is 0 Å². The van der Waals surface area contributed by atoms with Crippen LogP contribution in [0.5, 0.6) is 0 Å². The molecule has 0 spiro atoms. The fourth-order valence-corrected chi connectivity index (χ4v) is 3.55. The normalized spacial score (nSPS) is 18.1. The molecule has 0 bridgehead atoms. The standard InChI is InChI=1S/C16H19N7S/c1-11-8-13(22-16-19-5-7-24-16)21-15(20-11)12-2-6-23(9-12)10-14-17-3-4-18-14/h3-5,7-8,12H,2,6,9-10H2,1H3,(H,17,18)(H,19,20,21,22). The molecular weight excluding hydrogens is 322 g/mol. The number of anilines is 2. The molecule has 2 N–H and O–H groups in total. The Labute approximate surface area is 144 Å². The van der Waals surface area contributed by atoms with Crippen LogP contribution in [0.15, 0.2) is 30.0 Å². The molecule has 0 amide bonds. The quantitative estimate of drug-likeness (QED) is 0.742. The van der Waals surface area contributed by atoms with E-state index in [1.54, 1.807) is 23.7 Å². The Morgan fingerprint density at radius 1 is 1.33 bits per heavy atom. The van der Waals surface area contributed by atoms with Crippen molar-refractivity contribution in [1.29, 1.82) is 0 Å². The second-order valence-corrected chi connectivity index (χ2v) is 6.87. The van der Waals surface area contributed by atoms with Crippen LogP contribution in [0.2, 0.25) is 0 Å². The summed E-state index contributed by atoms with van der Waals surface area (Å²) in [6, 6.07) is 1.96. The van der Waals surface area contributed by atoms with Gasteiger partial charge in [0.25, 0.3) is 0 Å². The Morgan fingerprint density at radius 3 is 3.08 bits per heavy atom. The van der Waals surface area contributed by atoms with E-state index in [1.807, 2.05) is 24.6 Å². The van der Waals surface area contributed by atoms with Crippen LogP contribution in [-0.2, 0) is 6.54 Å². The van der Waals surface area contributed by atoms with E-state index in [9.17, 15) is 0 Å². The van der Waals surface area contributed by atoms with E-state index in [0.717, 1.165) is 54.3 Å². The average Bonchev–Trinajstić information content (AvgIpc) is 3.29. The summed E-state index contributed by atoms with van der Waals surface area (Å²) in [4.78, 5) is 23.5. The van der Waals surface area contributed by atoms with Crippen molar-refractivity contribution < 1.29 is 0 Å². The highest BCUT2D eigenvalue weighted by Crippen LogP contribution is 2.27. The number of nitrogens with zero attached hydrogens (tertiary/aromatic N) is 5. The largest absolute Gasteiger partial charge is 0.348 e. The summed E-state index contributed by atoms with van der Waals surface area (Å²) < 4.78 is 0. The minimum Gasteiger partial charge on any atom is -0.348 e. The first kappa shape index (κ1) is 15.2. The maximum absolute atomic E-state index is 4.72. The highest BCUT2D eigenvalue weighted by molar-refractivity contribution is 7.13. The number of imidazole rings is 1. The van der Waals surface area contributed by atoms with Crippen molar-refractivity contribution in [3.05, 3.63) is 47.4 Å². The van der Waals surface area contributed by atoms with Gasteiger partial charge in [-0.3, -0.25) is 4.90 Å². The molecule has 0 aliphatic carbocycles. The van der Waals surface area contributed by atoms with Gasteiger partial charge in [0.05, 0.1) is 6.54 Å². The molecule has 3 aromatic rings. The smallest absolute Gasteiger partial charge is 0.188 e. The summed E-state index contributed by atoms with van der Waals surface area (Å²) in [5.41, 5.74) is 0.976. The second-order valence-electron chi connectivity index (χ2n) is 5.97. The zero-order chi connectivity index (χ0) is 16.4. The van der Waals surface area contributed by atoms with E-state index in [0.29, 0.717) is 5.92 Å². The van der Waals surface area contributed by atoms with Crippen LogP contribution < -0.4 is 5.32 Å². The highest BCUT2D eigenvalue weighted by Gasteiger charge is 2.27. The number of aromatic amines is 1. The number of nitrogens with one attached hydrogen (secondary N) is 2. The molecule has 1 saturated heterocycles. The third kappa shape index (κ3) is 3.44. The van der Waals surface area contributed by atoms with Gasteiger partial charge in [0.2, 0.25) is 0 Å². The first-order valence-corrected chi connectivity index (χ1v) is 8.87. The van der Waals surface area contributed by atoms with E-state index >= 15 is 0 Å². The maximum Gasteiger partial charge on any atom is 0.188 e. The predicted octanol–water partition coefficient (Wildman–Crippen LogP) is 2.70. The minimum absolute atomic E-state index is 0.358. The molecule has 1 unspecified atom stereocenters. The third-order valence-electron chi connectivity index (χ3n) is 4.10. The molecule has 1 fully saturated rings. The van der Waals surface area contributed by atoms with Gasteiger partial charge in [-0.05, 0) is 19.9 Å². The van der Waals surface area contributed by atoms with Crippen molar-refractivity contribution in [2.24, 2.45) is 0 Å². The van der Waals surface area contributed by atoms with Gasteiger partial charge in [-0.2, -0.15) is 0 Å². The van der Waals surface area contributed by atoms with Crippen molar-refractivity contribution in [2.45, 2.75) is 25.8 Å². The molecule has 4 rings (SSSR count). The molecule has 4 heterocycles. The number of thiazole rings is 1. The first-order chi connectivity index (χ1) is 11.8. The topological polar surface area (TPSA) is 82.6 Å². The Hall–Kier alpha value is -2.32. The Kier molecular flexibility index (Phi) is 4.22. The first-order valence-electron chi connectivity index (χ1n) is 7.99. The van der Waals surface area contributed by atoms with Crippen LogP contribution in [0, 0.1) is 6.92 Å². The maximum atomic E-state index is 4.72. The van der Waals surface area contributed by atoms with Gasteiger partial charge in [-0.1, -0.05) is 0 Å². The molecule has 0 radical (unpaired) electrons. The van der Waals surface area contributed by atoms with E-state index in [4.69, 9.17) is 4.98 Å². The number of H-pyrrole nitrogens is 1. The van der Waals surface area contributed by atoms with Crippen LogP contribution in [0.25, 0.3) is 0 Å². The lowest BCUT2D eigenvalue weighted by molar-refractivity contribution is 0.318. The van der Waals surface area contributed by atoms with Crippen molar-refractivity contribution >= 4 is 22.3 Å². The summed E-state index contributed by atoms with van der Waals surface area (Å²) in [6.45, 7) is 4.85. The van der Waals surface area contributed by atoms with Gasteiger partial charge in [0.1, 0.15) is 17.5 Å². The second kappa shape index (κ2) is 6.66. The van der Waals surface area contributed by atoms with Crippen molar-refractivity contribution in [2.75, 3.05) is 18.4 Å². The van der Waals surface area contributed by atoms with E-state index in [-0.39, 0.29) is 0 Å². The zero-order valence-electron chi connectivity index (χ0n) is 13.4. The molecule has 124 valence electrons. The summed E-state index contributed by atoms with van der Waals surface area (Å²) in [5, 5.41) is 6.06. The number of hydrogen-bond donors (Lipinski definition) is 2. The van der Waals surface area contributed by atoms with E-state index in [2.05, 4.69) is 30.2 Å². The van der Waals surface area contributed by atoms with Crippen LogP contribution >= 0.6 is 11.3 Å². The lowest BCUT2D eigenvalue weighted by atomic mass is 10.1. The Balaban J connectivity index is 1.46. The summed E-state index contributed by atoms with van der Waals surface area (Å²) in [6.07, 6.45) is 6.51. The van der Waals surface area contributed by atoms with Crippen molar-refractivity contribution in [3.63, 3.8) is 0 Å². The Bertz CT molecular complexity index is 785. The number of hydrogen-bond acceptors (Lipinski definition) is 7. The third-order valence-corrected chi connectivity index (χ3v) is 4.79. The minimum atomic E-state index is 0.358. The number of aryl methyl sites for hydroxylation is 1. The van der Waals surface area contributed by atoms with Crippen LogP contribution in [0.3, 0.4) is 0 Å². The Morgan fingerprint density at radius 2 is 2.29 bits per heavy atom. The van der Waals surface area contributed by atoms with Crippen LogP contribution in [0.4, 0.5) is 10.9 Å². The predicted molar refractivity (Wildman–Crippen MR) is 93.4 cm³/mol. The van der Waals surface area contributed by atoms with E-state index in [1.165, 1.54) is 0 Å². The summed E-state index contributed by atoms with van der Waals surface area (Å²) in [7, 11) is 0. The molecule has 0 saturated carbocycles. The molecule has 24 heavy (non-hydrogen) atoms. The van der Waals surface area contributed by atoms with Crippen molar-refractivity contribution in [3.8, 4) is 0 Å². The van der Waals surface area contributed by atoms with Crippen molar-refractivity contribution in [1.82, 2.24) is 29.8 Å². The number of rotatable bonds is 5. The van der Waals surface area contributed by atoms with Gasteiger partial charge < -0.3 is 10.3 Å². The summed E-state index contributed by atoms with van der Waals surface area (Å²) >= 11 is 1.56. The van der Waals surface area contributed by atoms with Gasteiger partial charge in [-0.15, -0.1) is 11.3 Å². The van der Waals surface area contributed by atoms with Crippen LogP contribution in [0.1, 0.15) is 29.7 Å². The van der Waals surface area contributed by atoms with Gasteiger partial charge in [0.15, 0.2) is 5.13 Å². The van der Waals surface area contributed by atoms with Crippen LogP contribution in [-0.4, -0.2) is 42.9 Å². The molecule has 1 aliphatic rings. The fraction of sp³-hybridized carbons (Fsp3) is 0.375. The van der Waals surface area contributed by atoms with Gasteiger partial charge in [-0.25, -0.2) is 19.9 Å². The average molecular weight is 341 g/mol. The summed E-state index contributed by atoms with van der Waals surface area (Å²) in [5.74, 6) is 3.09. The molecule has 3 aromatic heterocycles. The lowest BCUT2D eigenvalue weighted by Crippen LogP contribution is -2.21.